The number of benzene rings is 2. The Morgan fingerprint density at radius 1 is 1.09 bits per heavy atom. The molecule has 5 nitrogen and oxygen atoms in total. The lowest BCUT2D eigenvalue weighted by molar-refractivity contribution is -0.114. The van der Waals surface area contributed by atoms with Crippen molar-refractivity contribution in [2.45, 2.75) is 51.0 Å². The van der Waals surface area contributed by atoms with E-state index in [9.17, 15) is 18.4 Å². The zero-order valence-corrected chi connectivity index (χ0v) is 21.0. The summed E-state index contributed by atoms with van der Waals surface area (Å²) in [6.45, 7) is 2.58. The van der Waals surface area contributed by atoms with Crippen molar-refractivity contribution in [1.29, 1.82) is 0 Å². The molecule has 2 heterocycles. The van der Waals surface area contributed by atoms with Crippen molar-refractivity contribution in [3.63, 3.8) is 0 Å². The van der Waals surface area contributed by atoms with Crippen LogP contribution in [0.3, 0.4) is 0 Å². The molecule has 2 amide bonds. The number of hydrogen-bond acceptors (Lipinski definition) is 3. The molecular weight excluding hydrogens is 516 g/mol. The van der Waals surface area contributed by atoms with Gasteiger partial charge in [-0.3, -0.25) is 9.59 Å². The Kier molecular flexibility index (Phi) is 5.43. The number of carbonyl (C=O) groups is 2. The second kappa shape index (κ2) is 8.29. The van der Waals surface area contributed by atoms with Crippen molar-refractivity contribution in [2.75, 3.05) is 29.9 Å². The number of rotatable bonds is 5. The van der Waals surface area contributed by atoms with E-state index in [-0.39, 0.29) is 30.6 Å². The van der Waals surface area contributed by atoms with Crippen molar-refractivity contribution >= 4 is 39.1 Å². The summed E-state index contributed by atoms with van der Waals surface area (Å²) in [6, 6.07) is 11.1. The van der Waals surface area contributed by atoms with E-state index in [1.807, 2.05) is 30.3 Å². The fraction of sp³-hybridized carbons (Fsp3) is 0.481. The van der Waals surface area contributed by atoms with Gasteiger partial charge in [-0.15, -0.1) is 0 Å². The summed E-state index contributed by atoms with van der Waals surface area (Å²) >= 11 is 3.55. The first-order valence-electron chi connectivity index (χ1n) is 12.4. The van der Waals surface area contributed by atoms with Crippen molar-refractivity contribution in [3.8, 4) is 0 Å². The molecule has 0 bridgehead atoms. The summed E-state index contributed by atoms with van der Waals surface area (Å²) < 4.78 is 27.5. The van der Waals surface area contributed by atoms with Crippen LogP contribution in [0.15, 0.2) is 40.9 Å². The number of hydrogen-bond donors (Lipinski definition) is 1. The highest BCUT2D eigenvalue weighted by atomic mass is 79.9. The topological polar surface area (TPSA) is 52.7 Å². The molecule has 1 spiro atoms. The van der Waals surface area contributed by atoms with E-state index >= 15 is 0 Å². The molecule has 0 aromatic heterocycles. The SMILES string of the molecule is O=C(Nc1cccc2c1C(=O)N(CC1CC(F)(F)C1)C2)c1ccc(Br)cc1N1CCC2(CC1)CC2. The van der Waals surface area contributed by atoms with Gasteiger partial charge in [0.05, 0.1) is 22.5 Å². The zero-order valence-electron chi connectivity index (χ0n) is 19.5. The lowest BCUT2D eigenvalue weighted by atomic mass is 9.81. The normalized spacial score (nSPS) is 22.2. The molecule has 2 aromatic rings. The van der Waals surface area contributed by atoms with Gasteiger partial charge in [0.15, 0.2) is 0 Å². The molecule has 2 aromatic carbocycles. The predicted molar refractivity (Wildman–Crippen MR) is 134 cm³/mol. The fourth-order valence-electron chi connectivity index (χ4n) is 5.94. The lowest BCUT2D eigenvalue weighted by Crippen LogP contribution is -2.42. The average molecular weight is 544 g/mol. The summed E-state index contributed by atoms with van der Waals surface area (Å²) in [5, 5.41) is 2.98. The Balaban J connectivity index is 1.20. The van der Waals surface area contributed by atoms with Gasteiger partial charge >= 0.3 is 0 Å². The minimum atomic E-state index is -2.60. The molecule has 1 N–H and O–H groups in total. The van der Waals surface area contributed by atoms with Crippen molar-refractivity contribution in [1.82, 2.24) is 4.90 Å². The molecule has 0 atom stereocenters. The maximum absolute atomic E-state index is 13.5. The number of nitrogens with one attached hydrogen (secondary N) is 1. The number of halogens is 3. The van der Waals surface area contributed by atoms with Gasteiger partial charge in [0, 0.05) is 43.5 Å². The molecule has 6 rings (SSSR count). The second-order valence-electron chi connectivity index (χ2n) is 10.8. The van der Waals surface area contributed by atoms with Crippen LogP contribution in [-0.4, -0.2) is 42.3 Å². The van der Waals surface area contributed by atoms with Gasteiger partial charge < -0.3 is 15.1 Å². The van der Waals surface area contributed by atoms with Crippen LogP contribution in [0.25, 0.3) is 0 Å². The smallest absolute Gasteiger partial charge is 0.257 e. The van der Waals surface area contributed by atoms with E-state index in [0.29, 0.717) is 35.3 Å². The maximum Gasteiger partial charge on any atom is 0.257 e. The van der Waals surface area contributed by atoms with Gasteiger partial charge in [-0.1, -0.05) is 28.1 Å². The molecule has 2 aliphatic heterocycles. The first-order valence-corrected chi connectivity index (χ1v) is 13.2. The van der Waals surface area contributed by atoms with Crippen LogP contribution in [0.4, 0.5) is 20.2 Å². The lowest BCUT2D eigenvalue weighted by Gasteiger charge is -2.37. The zero-order chi connectivity index (χ0) is 24.4. The largest absolute Gasteiger partial charge is 0.371 e. The Morgan fingerprint density at radius 2 is 1.83 bits per heavy atom. The fourth-order valence-corrected chi connectivity index (χ4v) is 6.29. The van der Waals surface area contributed by atoms with Gasteiger partial charge in [-0.05, 0) is 66.8 Å². The molecular formula is C27H28BrF2N3O2. The maximum atomic E-state index is 13.5. The van der Waals surface area contributed by atoms with E-state index in [1.54, 1.807) is 11.0 Å². The summed E-state index contributed by atoms with van der Waals surface area (Å²) in [5.41, 5.74) is 3.79. The van der Waals surface area contributed by atoms with Crippen LogP contribution in [0.2, 0.25) is 0 Å². The van der Waals surface area contributed by atoms with E-state index in [2.05, 4.69) is 26.1 Å². The molecule has 8 heteroatoms. The molecule has 1 saturated heterocycles. The molecule has 2 aliphatic carbocycles. The number of amides is 2. The monoisotopic (exact) mass is 543 g/mol. The highest BCUT2D eigenvalue weighted by Gasteiger charge is 2.47. The van der Waals surface area contributed by atoms with Crippen molar-refractivity contribution in [2.24, 2.45) is 11.3 Å². The van der Waals surface area contributed by atoms with Crippen LogP contribution in [0.1, 0.15) is 64.8 Å². The van der Waals surface area contributed by atoms with Gasteiger partial charge in [0.1, 0.15) is 0 Å². The van der Waals surface area contributed by atoms with E-state index in [0.717, 1.165) is 41.7 Å². The highest BCUT2D eigenvalue weighted by Crippen LogP contribution is 2.54. The molecule has 184 valence electrons. The quantitative estimate of drug-likeness (QED) is 0.497. The van der Waals surface area contributed by atoms with Gasteiger partial charge in [-0.2, -0.15) is 0 Å². The first-order chi connectivity index (χ1) is 16.7. The standard InChI is InChI=1S/C27H28BrF2N3O2/c28-19-4-5-20(22(12-19)32-10-8-26(6-7-26)9-11-32)24(34)31-21-3-1-2-18-16-33(25(35)23(18)21)15-17-13-27(29,30)14-17/h1-5,12,17H,6-11,13-16H2,(H,31,34). The van der Waals surface area contributed by atoms with E-state index in [4.69, 9.17) is 0 Å². The molecule has 0 unspecified atom stereocenters. The van der Waals surface area contributed by atoms with Crippen LogP contribution >= 0.6 is 15.9 Å². The number of anilines is 2. The Labute approximate surface area is 212 Å². The third-order valence-corrected chi connectivity index (χ3v) is 8.73. The van der Waals surface area contributed by atoms with E-state index in [1.165, 1.54) is 12.8 Å². The molecule has 35 heavy (non-hydrogen) atoms. The van der Waals surface area contributed by atoms with Crippen molar-refractivity contribution in [3.05, 3.63) is 57.6 Å². The summed E-state index contributed by atoms with van der Waals surface area (Å²) in [6.07, 6.45) is 4.62. The van der Waals surface area contributed by atoms with Gasteiger partial charge in [0.25, 0.3) is 11.8 Å². The van der Waals surface area contributed by atoms with Crippen LogP contribution in [0, 0.1) is 11.3 Å². The number of alkyl halides is 2. The predicted octanol–water partition coefficient (Wildman–Crippen LogP) is 6.08. The summed E-state index contributed by atoms with van der Waals surface area (Å²) in [7, 11) is 0. The number of carbonyl (C=O) groups excluding carboxylic acids is 2. The van der Waals surface area contributed by atoms with Crippen LogP contribution in [-0.2, 0) is 6.54 Å². The molecule has 0 radical (unpaired) electrons. The minimum absolute atomic E-state index is 0.166. The summed E-state index contributed by atoms with van der Waals surface area (Å²) in [4.78, 5) is 30.6. The van der Waals surface area contributed by atoms with E-state index < -0.39 is 5.92 Å². The first kappa shape index (κ1) is 23.0. The molecule has 2 saturated carbocycles. The third-order valence-electron chi connectivity index (χ3n) is 8.24. The number of fused-ring (bicyclic) bond motifs is 1. The molecule has 4 aliphatic rings. The Hall–Kier alpha value is -2.48. The average Bonchev–Trinajstić information content (AvgIpc) is 3.48. The van der Waals surface area contributed by atoms with Crippen LogP contribution in [0.5, 0.6) is 0 Å². The Morgan fingerprint density at radius 3 is 2.51 bits per heavy atom. The molecule has 3 fully saturated rings. The summed E-state index contributed by atoms with van der Waals surface area (Å²) in [5.74, 6) is -3.23. The van der Waals surface area contributed by atoms with Crippen LogP contribution < -0.4 is 10.2 Å². The second-order valence-corrected chi connectivity index (χ2v) is 11.7. The van der Waals surface area contributed by atoms with Crippen molar-refractivity contribution < 1.29 is 18.4 Å². The number of nitrogens with zero attached hydrogens (tertiary/aromatic N) is 2. The minimum Gasteiger partial charge on any atom is -0.371 e. The van der Waals surface area contributed by atoms with Gasteiger partial charge in [-0.25, -0.2) is 8.78 Å². The Bertz CT molecular complexity index is 1190. The number of piperidine rings is 1. The third kappa shape index (κ3) is 4.34. The van der Waals surface area contributed by atoms with Gasteiger partial charge in [0.2, 0.25) is 5.92 Å². The highest BCUT2D eigenvalue weighted by molar-refractivity contribution is 9.10.